The van der Waals surface area contributed by atoms with E-state index >= 15 is 0 Å². The molecule has 2 nitrogen and oxygen atoms in total. The van der Waals surface area contributed by atoms with E-state index in [1.807, 2.05) is 39.0 Å². The highest BCUT2D eigenvalue weighted by Crippen LogP contribution is 2.69. The van der Waals surface area contributed by atoms with Crippen molar-refractivity contribution in [3.63, 3.8) is 0 Å². The van der Waals surface area contributed by atoms with Gasteiger partial charge in [-0.3, -0.25) is 4.79 Å². The van der Waals surface area contributed by atoms with Crippen molar-refractivity contribution in [2.75, 3.05) is 0 Å². The molecule has 1 atom stereocenters. The van der Waals surface area contributed by atoms with Crippen LogP contribution in [-0.4, -0.2) is 10.3 Å². The van der Waals surface area contributed by atoms with Crippen LogP contribution in [0.3, 0.4) is 0 Å². The maximum absolute atomic E-state index is 12.4. The number of halogens is 2. The first-order chi connectivity index (χ1) is 11.7. The monoisotopic (exact) mass is 376 g/mol. The van der Waals surface area contributed by atoms with Crippen LogP contribution in [0.15, 0.2) is 42.5 Å². The Labute approximate surface area is 159 Å². The summed E-state index contributed by atoms with van der Waals surface area (Å²) in [6.07, 6.45) is 0. The summed E-state index contributed by atoms with van der Waals surface area (Å²) < 4.78 is 4.53. The molecule has 1 saturated carbocycles. The largest absolute Gasteiger partial charge is 0.460 e. The van der Waals surface area contributed by atoms with Crippen molar-refractivity contribution in [2.45, 2.75) is 38.6 Å². The Kier molecular flexibility index (Phi) is 4.63. The predicted molar refractivity (Wildman–Crippen MR) is 103 cm³/mol. The summed E-state index contributed by atoms with van der Waals surface area (Å²) in [5.41, 5.74) is 5.09. The van der Waals surface area contributed by atoms with Crippen molar-refractivity contribution >= 4 is 29.2 Å². The highest BCUT2D eigenvalue weighted by Gasteiger charge is 2.74. The highest BCUT2D eigenvalue weighted by atomic mass is 35.5. The van der Waals surface area contributed by atoms with Crippen molar-refractivity contribution in [1.29, 1.82) is 0 Å². The number of aryl methyl sites for hydroxylation is 1. The summed E-state index contributed by atoms with van der Waals surface area (Å²) in [5.74, 6) is -0.819. The van der Waals surface area contributed by atoms with Gasteiger partial charge in [-0.2, -0.15) is 0 Å². The van der Waals surface area contributed by atoms with Crippen molar-refractivity contribution in [1.82, 2.24) is 0 Å². The van der Waals surface area contributed by atoms with E-state index in [1.165, 1.54) is 0 Å². The second kappa shape index (κ2) is 6.34. The smallest absolute Gasteiger partial charge is 0.313 e. The lowest BCUT2D eigenvalue weighted by atomic mass is 9.94. The second-order valence-corrected chi connectivity index (χ2v) is 8.67. The van der Waals surface area contributed by atoms with Crippen LogP contribution in [-0.2, 0) is 16.1 Å². The van der Waals surface area contributed by atoms with E-state index in [9.17, 15) is 4.79 Å². The zero-order valence-corrected chi connectivity index (χ0v) is 16.4. The number of benzene rings is 2. The van der Waals surface area contributed by atoms with Crippen LogP contribution in [0.4, 0.5) is 0 Å². The number of esters is 1. The van der Waals surface area contributed by atoms with Gasteiger partial charge in [0, 0.05) is 5.41 Å². The van der Waals surface area contributed by atoms with E-state index in [2.05, 4.69) is 31.2 Å². The molecule has 1 fully saturated rings. The van der Waals surface area contributed by atoms with Gasteiger partial charge in [-0.25, -0.2) is 0 Å². The standard InChI is InChI=1S/C21H22Cl2O2/c1-13-10-11-16(15-8-6-5-7-9-15)14(2)17(13)12-25-19(24)18-20(3,4)21(18,22)23/h5-11,18H,12H2,1-4H3. The number of carbonyl (C=O) groups is 1. The number of ether oxygens (including phenoxy) is 1. The number of alkyl halides is 2. The van der Waals surface area contributed by atoms with Crippen LogP contribution in [0.1, 0.15) is 30.5 Å². The fourth-order valence-electron chi connectivity index (χ4n) is 3.37. The molecule has 0 radical (unpaired) electrons. The molecule has 0 N–H and O–H groups in total. The van der Waals surface area contributed by atoms with E-state index in [4.69, 9.17) is 27.9 Å². The van der Waals surface area contributed by atoms with Crippen LogP contribution in [0.2, 0.25) is 0 Å². The van der Waals surface area contributed by atoms with Gasteiger partial charge >= 0.3 is 5.97 Å². The lowest BCUT2D eigenvalue weighted by molar-refractivity contribution is -0.147. The highest BCUT2D eigenvalue weighted by molar-refractivity contribution is 6.53. The van der Waals surface area contributed by atoms with Crippen molar-refractivity contribution in [2.24, 2.45) is 11.3 Å². The number of hydrogen-bond acceptors (Lipinski definition) is 2. The van der Waals surface area contributed by atoms with Gasteiger partial charge < -0.3 is 4.74 Å². The molecule has 0 aliphatic heterocycles. The van der Waals surface area contributed by atoms with Crippen LogP contribution >= 0.6 is 23.2 Å². The first-order valence-electron chi connectivity index (χ1n) is 8.37. The summed E-state index contributed by atoms with van der Waals surface area (Å²) in [6.45, 7) is 8.08. The van der Waals surface area contributed by atoms with Gasteiger partial charge in [0.2, 0.25) is 0 Å². The molecule has 0 aromatic heterocycles. The van der Waals surface area contributed by atoms with Crippen molar-refractivity contribution in [3.05, 3.63) is 59.2 Å². The fraction of sp³-hybridized carbons (Fsp3) is 0.381. The first-order valence-corrected chi connectivity index (χ1v) is 9.12. The summed E-state index contributed by atoms with van der Waals surface area (Å²) >= 11 is 12.4. The molecule has 0 heterocycles. The van der Waals surface area contributed by atoms with Gasteiger partial charge in [-0.05, 0) is 41.7 Å². The quantitative estimate of drug-likeness (QED) is 0.494. The molecule has 132 valence electrons. The van der Waals surface area contributed by atoms with Gasteiger partial charge in [0.1, 0.15) is 10.9 Å². The third-order valence-corrected chi connectivity index (χ3v) is 6.78. The minimum atomic E-state index is -1.04. The van der Waals surface area contributed by atoms with Gasteiger partial charge in [-0.1, -0.05) is 56.3 Å². The predicted octanol–water partition coefficient (Wildman–Crippen LogP) is 5.84. The average Bonchev–Trinajstić information content (AvgIpc) is 2.97. The lowest BCUT2D eigenvalue weighted by Gasteiger charge is -2.15. The molecule has 0 saturated heterocycles. The van der Waals surface area contributed by atoms with Gasteiger partial charge in [-0.15, -0.1) is 23.2 Å². The molecule has 1 aliphatic carbocycles. The summed E-state index contributed by atoms with van der Waals surface area (Å²) in [5, 5.41) is 0. The molecular formula is C21H22Cl2O2. The zero-order chi connectivity index (χ0) is 18.4. The minimum Gasteiger partial charge on any atom is -0.460 e. The van der Waals surface area contributed by atoms with Gasteiger partial charge in [0.25, 0.3) is 0 Å². The maximum atomic E-state index is 12.4. The Bertz CT molecular complexity index is 796. The van der Waals surface area contributed by atoms with Crippen LogP contribution in [0.25, 0.3) is 11.1 Å². The van der Waals surface area contributed by atoms with E-state index < -0.39 is 15.7 Å². The third-order valence-electron chi connectivity index (χ3n) is 5.37. The number of rotatable bonds is 4. The van der Waals surface area contributed by atoms with Crippen molar-refractivity contribution < 1.29 is 9.53 Å². The molecule has 25 heavy (non-hydrogen) atoms. The van der Waals surface area contributed by atoms with E-state index in [0.29, 0.717) is 0 Å². The molecular weight excluding hydrogens is 355 g/mol. The molecule has 3 rings (SSSR count). The van der Waals surface area contributed by atoms with Crippen LogP contribution in [0.5, 0.6) is 0 Å². The Hall–Kier alpha value is -1.51. The van der Waals surface area contributed by atoms with Crippen LogP contribution < -0.4 is 0 Å². The molecule has 0 bridgehead atoms. The van der Waals surface area contributed by atoms with E-state index in [0.717, 1.165) is 27.8 Å². The summed E-state index contributed by atoms with van der Waals surface area (Å²) in [6, 6.07) is 14.4. The lowest BCUT2D eigenvalue weighted by Crippen LogP contribution is -2.13. The molecule has 0 amide bonds. The first kappa shape index (κ1) is 18.3. The van der Waals surface area contributed by atoms with Gasteiger partial charge in [0.05, 0.1) is 5.92 Å². The topological polar surface area (TPSA) is 26.3 Å². The summed E-state index contributed by atoms with van der Waals surface area (Å²) in [4.78, 5) is 12.4. The number of hydrogen-bond donors (Lipinski definition) is 0. The van der Waals surface area contributed by atoms with E-state index in [-0.39, 0.29) is 12.6 Å². The normalized spacial score (nSPS) is 20.2. The van der Waals surface area contributed by atoms with Crippen LogP contribution in [0, 0.1) is 25.2 Å². The summed E-state index contributed by atoms with van der Waals surface area (Å²) in [7, 11) is 0. The Morgan fingerprint density at radius 3 is 2.24 bits per heavy atom. The zero-order valence-electron chi connectivity index (χ0n) is 14.9. The molecule has 0 spiro atoms. The third kappa shape index (κ3) is 3.07. The second-order valence-electron chi connectivity index (χ2n) is 7.28. The SMILES string of the molecule is Cc1ccc(-c2ccccc2)c(C)c1COC(=O)C1C(C)(C)C1(Cl)Cl. The fourth-order valence-corrected chi connectivity index (χ4v) is 4.20. The van der Waals surface area contributed by atoms with Gasteiger partial charge in [0.15, 0.2) is 0 Å². The molecule has 2 aromatic carbocycles. The Morgan fingerprint density at radius 2 is 1.68 bits per heavy atom. The minimum absolute atomic E-state index is 0.230. The Morgan fingerprint density at radius 1 is 1.08 bits per heavy atom. The molecule has 2 aromatic rings. The Balaban J connectivity index is 1.81. The maximum Gasteiger partial charge on any atom is 0.313 e. The molecule has 1 unspecified atom stereocenters. The average molecular weight is 377 g/mol. The molecule has 4 heteroatoms. The molecule has 1 aliphatic rings. The van der Waals surface area contributed by atoms with E-state index in [1.54, 1.807) is 0 Å². The van der Waals surface area contributed by atoms with Crippen molar-refractivity contribution in [3.8, 4) is 11.1 Å². The number of carbonyl (C=O) groups excluding carboxylic acids is 1.